The quantitative estimate of drug-likeness (QED) is 0.774. The van der Waals surface area contributed by atoms with Crippen molar-refractivity contribution in [3.8, 4) is 11.5 Å². The average Bonchev–Trinajstić information content (AvgIpc) is 3.32. The van der Waals surface area contributed by atoms with Crippen molar-refractivity contribution < 1.29 is 13.9 Å². The predicted molar refractivity (Wildman–Crippen MR) is 105 cm³/mol. The Morgan fingerprint density at radius 1 is 1.00 bits per heavy atom. The number of hydrogen-bond donors (Lipinski definition) is 0. The largest absolute Gasteiger partial charge is 0.493 e. The van der Waals surface area contributed by atoms with Crippen molar-refractivity contribution in [1.29, 1.82) is 0 Å². The summed E-state index contributed by atoms with van der Waals surface area (Å²) in [7, 11) is 3.43. The standard InChI is InChI=1S/C22H30N2O3/c1-25-20-6-3-5-19(21(20)26-2)14-23-10-4-8-22(16-23)9-11-24(17-22)13-18-7-12-27-15-18/h3,5-7,12,15H,4,8-11,13-14,16-17H2,1-2H3. The first-order valence-corrected chi connectivity index (χ1v) is 9.87. The Hall–Kier alpha value is -1.98. The summed E-state index contributed by atoms with van der Waals surface area (Å²) in [6, 6.07) is 8.25. The van der Waals surface area contributed by atoms with E-state index in [1.54, 1.807) is 20.5 Å². The number of methoxy groups -OCH3 is 2. The van der Waals surface area contributed by atoms with Crippen LogP contribution in [0.3, 0.4) is 0 Å². The van der Waals surface area contributed by atoms with Crippen LogP contribution >= 0.6 is 0 Å². The monoisotopic (exact) mass is 370 g/mol. The summed E-state index contributed by atoms with van der Waals surface area (Å²) in [4.78, 5) is 5.18. The van der Waals surface area contributed by atoms with Crippen LogP contribution in [0.15, 0.2) is 41.2 Å². The molecule has 0 radical (unpaired) electrons. The summed E-state index contributed by atoms with van der Waals surface area (Å²) in [6.07, 6.45) is 7.53. The maximum Gasteiger partial charge on any atom is 0.165 e. The number of benzene rings is 1. The number of nitrogens with zero attached hydrogens (tertiary/aromatic N) is 2. The van der Waals surface area contributed by atoms with E-state index in [4.69, 9.17) is 13.9 Å². The molecule has 5 nitrogen and oxygen atoms in total. The molecular weight excluding hydrogens is 340 g/mol. The minimum Gasteiger partial charge on any atom is -0.493 e. The van der Waals surface area contributed by atoms with Crippen LogP contribution in [-0.4, -0.2) is 50.2 Å². The highest BCUT2D eigenvalue weighted by Crippen LogP contribution is 2.40. The molecule has 2 aliphatic rings. The highest BCUT2D eigenvalue weighted by molar-refractivity contribution is 5.46. The third kappa shape index (κ3) is 3.99. The van der Waals surface area contributed by atoms with Gasteiger partial charge in [-0.1, -0.05) is 12.1 Å². The Morgan fingerprint density at radius 3 is 2.59 bits per heavy atom. The van der Waals surface area contributed by atoms with Gasteiger partial charge in [-0.25, -0.2) is 0 Å². The van der Waals surface area contributed by atoms with Crippen molar-refractivity contribution in [3.05, 3.63) is 47.9 Å². The van der Waals surface area contributed by atoms with Gasteiger partial charge in [-0.15, -0.1) is 0 Å². The van der Waals surface area contributed by atoms with E-state index in [1.165, 1.54) is 43.5 Å². The zero-order valence-corrected chi connectivity index (χ0v) is 16.4. The van der Waals surface area contributed by atoms with Crippen LogP contribution in [0.5, 0.6) is 11.5 Å². The maximum absolute atomic E-state index is 5.63. The summed E-state index contributed by atoms with van der Waals surface area (Å²) in [6.45, 7) is 6.61. The van der Waals surface area contributed by atoms with Crippen molar-refractivity contribution in [1.82, 2.24) is 9.80 Å². The second-order valence-electron chi connectivity index (χ2n) is 8.06. The molecule has 1 aromatic heterocycles. The van der Waals surface area contributed by atoms with Crippen molar-refractivity contribution >= 4 is 0 Å². The van der Waals surface area contributed by atoms with Crippen LogP contribution in [0.4, 0.5) is 0 Å². The Kier molecular flexibility index (Phi) is 5.41. The zero-order chi connectivity index (χ0) is 18.7. The van der Waals surface area contributed by atoms with Crippen LogP contribution in [0.25, 0.3) is 0 Å². The first-order chi connectivity index (χ1) is 13.2. The Morgan fingerprint density at radius 2 is 1.85 bits per heavy atom. The lowest BCUT2D eigenvalue weighted by atomic mass is 9.79. The molecule has 0 N–H and O–H groups in total. The molecule has 27 heavy (non-hydrogen) atoms. The minimum absolute atomic E-state index is 0.425. The molecule has 1 aromatic carbocycles. The molecular formula is C22H30N2O3. The van der Waals surface area contributed by atoms with Gasteiger partial charge in [0, 0.05) is 37.3 Å². The average molecular weight is 370 g/mol. The Labute approximate surface area is 161 Å². The van der Waals surface area contributed by atoms with E-state index in [0.717, 1.165) is 37.7 Å². The van der Waals surface area contributed by atoms with Crippen molar-refractivity contribution in [2.24, 2.45) is 5.41 Å². The number of furan rings is 1. The number of likely N-dealkylation sites (tertiary alicyclic amines) is 2. The smallest absolute Gasteiger partial charge is 0.165 e. The number of piperidine rings is 1. The van der Waals surface area contributed by atoms with Gasteiger partial charge in [0.05, 0.1) is 26.7 Å². The molecule has 0 amide bonds. The van der Waals surface area contributed by atoms with E-state index in [9.17, 15) is 0 Å². The molecule has 2 fully saturated rings. The fourth-order valence-electron chi connectivity index (χ4n) is 4.90. The highest BCUT2D eigenvalue weighted by Gasteiger charge is 2.41. The lowest BCUT2D eigenvalue weighted by Crippen LogP contribution is -2.44. The molecule has 0 aliphatic carbocycles. The minimum atomic E-state index is 0.425. The third-order valence-corrected chi connectivity index (χ3v) is 6.12. The summed E-state index contributed by atoms with van der Waals surface area (Å²) in [5.41, 5.74) is 2.91. The first kappa shape index (κ1) is 18.4. The van der Waals surface area contributed by atoms with Gasteiger partial charge in [0.15, 0.2) is 11.5 Å². The maximum atomic E-state index is 5.63. The van der Waals surface area contributed by atoms with Gasteiger partial charge in [-0.2, -0.15) is 0 Å². The molecule has 0 bridgehead atoms. The zero-order valence-electron chi connectivity index (χ0n) is 16.4. The molecule has 2 aliphatic heterocycles. The van der Waals surface area contributed by atoms with E-state index in [-0.39, 0.29) is 0 Å². The van der Waals surface area contributed by atoms with Crippen molar-refractivity contribution in [2.75, 3.05) is 40.4 Å². The van der Waals surface area contributed by atoms with E-state index in [2.05, 4.69) is 28.0 Å². The molecule has 5 heteroatoms. The Balaban J connectivity index is 1.42. The molecule has 2 saturated heterocycles. The summed E-state index contributed by atoms with van der Waals surface area (Å²) in [5.74, 6) is 1.68. The lowest BCUT2D eigenvalue weighted by Gasteiger charge is -2.40. The van der Waals surface area contributed by atoms with Gasteiger partial charge in [-0.05, 0) is 49.9 Å². The second-order valence-corrected chi connectivity index (χ2v) is 8.06. The van der Waals surface area contributed by atoms with Crippen LogP contribution < -0.4 is 9.47 Å². The first-order valence-electron chi connectivity index (χ1n) is 9.87. The van der Waals surface area contributed by atoms with E-state index in [0.29, 0.717) is 5.41 Å². The van der Waals surface area contributed by atoms with Gasteiger partial charge in [-0.3, -0.25) is 9.80 Å². The van der Waals surface area contributed by atoms with Gasteiger partial charge < -0.3 is 13.9 Å². The van der Waals surface area contributed by atoms with Crippen molar-refractivity contribution in [3.63, 3.8) is 0 Å². The number of para-hydroxylation sites is 1. The van der Waals surface area contributed by atoms with E-state index >= 15 is 0 Å². The lowest BCUT2D eigenvalue weighted by molar-refractivity contribution is 0.0859. The van der Waals surface area contributed by atoms with Crippen molar-refractivity contribution in [2.45, 2.75) is 32.4 Å². The molecule has 1 atom stereocenters. The number of rotatable bonds is 6. The molecule has 2 aromatic rings. The fourth-order valence-corrected chi connectivity index (χ4v) is 4.90. The normalized spacial score (nSPS) is 23.8. The van der Waals surface area contributed by atoms with Gasteiger partial charge in [0.2, 0.25) is 0 Å². The van der Waals surface area contributed by atoms with Crippen LogP contribution in [-0.2, 0) is 13.1 Å². The van der Waals surface area contributed by atoms with E-state index in [1.807, 2.05) is 12.3 Å². The second kappa shape index (κ2) is 7.95. The van der Waals surface area contributed by atoms with Crippen LogP contribution in [0.2, 0.25) is 0 Å². The molecule has 0 saturated carbocycles. The third-order valence-electron chi connectivity index (χ3n) is 6.12. The van der Waals surface area contributed by atoms with Gasteiger partial charge in [0.1, 0.15) is 0 Å². The Bertz CT molecular complexity index is 746. The van der Waals surface area contributed by atoms with Crippen LogP contribution in [0.1, 0.15) is 30.4 Å². The topological polar surface area (TPSA) is 38.1 Å². The van der Waals surface area contributed by atoms with Gasteiger partial charge >= 0.3 is 0 Å². The fraction of sp³-hybridized carbons (Fsp3) is 0.545. The summed E-state index contributed by atoms with van der Waals surface area (Å²) < 4.78 is 16.3. The number of hydrogen-bond acceptors (Lipinski definition) is 5. The molecule has 3 heterocycles. The SMILES string of the molecule is COc1cccc(CN2CCCC3(CCN(Cc4ccoc4)C3)C2)c1OC. The molecule has 1 spiro atoms. The molecule has 146 valence electrons. The van der Waals surface area contributed by atoms with Crippen LogP contribution in [0, 0.1) is 5.41 Å². The molecule has 1 unspecified atom stereocenters. The summed E-state index contributed by atoms with van der Waals surface area (Å²) in [5, 5.41) is 0. The van der Waals surface area contributed by atoms with Gasteiger partial charge in [0.25, 0.3) is 0 Å². The highest BCUT2D eigenvalue weighted by atomic mass is 16.5. The summed E-state index contributed by atoms with van der Waals surface area (Å²) >= 11 is 0. The molecule has 4 rings (SSSR count). The van der Waals surface area contributed by atoms with E-state index < -0.39 is 0 Å². The predicted octanol–water partition coefficient (Wildman–Crippen LogP) is 3.78. The number of ether oxygens (including phenoxy) is 2.